The molecule has 23 heavy (non-hydrogen) atoms. The molecule has 1 heterocycles. The van der Waals surface area contributed by atoms with Gasteiger partial charge in [0.2, 0.25) is 5.91 Å². The minimum Gasteiger partial charge on any atom is -0.370 e. The monoisotopic (exact) mass is 430 g/mol. The summed E-state index contributed by atoms with van der Waals surface area (Å²) in [4.78, 5) is 18.4. The molecule has 0 fully saturated rings. The van der Waals surface area contributed by atoms with E-state index >= 15 is 0 Å². The van der Waals surface area contributed by atoms with Crippen molar-refractivity contribution in [3.8, 4) is 0 Å². The molecule has 1 amide bonds. The molecule has 3 N–H and O–H groups in total. The molecule has 0 radical (unpaired) electrons. The number of nitrogens with zero attached hydrogens (tertiary/aromatic N) is 2. The van der Waals surface area contributed by atoms with Gasteiger partial charge in [0, 0.05) is 32.6 Å². The molecule has 0 aromatic heterocycles. The summed E-state index contributed by atoms with van der Waals surface area (Å²) in [5.41, 5.74) is 8.29. The van der Waals surface area contributed by atoms with E-state index in [1.165, 1.54) is 11.1 Å². The third-order valence-electron chi connectivity index (χ3n) is 3.69. The van der Waals surface area contributed by atoms with E-state index in [9.17, 15) is 4.79 Å². The molecule has 6 heteroatoms. The van der Waals surface area contributed by atoms with Crippen LogP contribution in [0.15, 0.2) is 29.3 Å². The summed E-state index contributed by atoms with van der Waals surface area (Å²) in [5.74, 6) is 1.17. The van der Waals surface area contributed by atoms with Crippen LogP contribution in [0.5, 0.6) is 0 Å². The highest BCUT2D eigenvalue weighted by Crippen LogP contribution is 2.22. The number of hydrogen-bond acceptors (Lipinski definition) is 2. The predicted octanol–water partition coefficient (Wildman–Crippen LogP) is 2.49. The number of carbonyl (C=O) groups excluding carboxylic acids is 1. The van der Waals surface area contributed by atoms with Crippen molar-refractivity contribution < 1.29 is 4.79 Å². The van der Waals surface area contributed by atoms with Crippen LogP contribution in [0.4, 0.5) is 0 Å². The maximum Gasteiger partial charge on any atom is 0.223 e. The standard InChI is InChI=1S/C17H26N4O.HI/c1-13(2)10-20-17(18)19-9-5-8-16(22)21-11-14-6-3-4-7-15(14)12-21;/h3-4,6-7,13H,5,8-12H2,1-2H3,(H3,18,19,20);1H. The van der Waals surface area contributed by atoms with Gasteiger partial charge < -0.3 is 16.0 Å². The number of benzene rings is 1. The normalized spacial score (nSPS) is 13.7. The maximum atomic E-state index is 12.2. The molecule has 5 nitrogen and oxygen atoms in total. The number of fused-ring (bicyclic) bond motifs is 1. The van der Waals surface area contributed by atoms with Gasteiger partial charge in [-0.2, -0.15) is 0 Å². The smallest absolute Gasteiger partial charge is 0.223 e. The third kappa shape index (κ3) is 6.37. The summed E-state index contributed by atoms with van der Waals surface area (Å²) in [5, 5.41) is 3.06. The molecule has 1 aromatic rings. The largest absolute Gasteiger partial charge is 0.370 e. The Morgan fingerprint density at radius 1 is 1.30 bits per heavy atom. The molecule has 128 valence electrons. The Morgan fingerprint density at radius 2 is 1.91 bits per heavy atom. The fourth-order valence-corrected chi connectivity index (χ4v) is 2.46. The van der Waals surface area contributed by atoms with Crippen LogP contribution < -0.4 is 11.1 Å². The van der Waals surface area contributed by atoms with Gasteiger partial charge >= 0.3 is 0 Å². The summed E-state index contributed by atoms with van der Waals surface area (Å²) in [6, 6.07) is 8.23. The predicted molar refractivity (Wildman–Crippen MR) is 105 cm³/mol. The molecule has 0 atom stereocenters. The molecule has 1 aliphatic heterocycles. The summed E-state index contributed by atoms with van der Waals surface area (Å²) < 4.78 is 0. The average Bonchev–Trinajstić information content (AvgIpc) is 2.93. The molecule has 0 bridgehead atoms. The molecule has 1 aromatic carbocycles. The van der Waals surface area contributed by atoms with Gasteiger partial charge in [0.05, 0.1) is 0 Å². The number of aliphatic imine (C=N–C) groups is 1. The summed E-state index contributed by atoms with van der Waals surface area (Å²) >= 11 is 0. The van der Waals surface area contributed by atoms with Gasteiger partial charge in [-0.15, -0.1) is 24.0 Å². The molecule has 0 saturated carbocycles. The molecule has 1 aliphatic rings. The molecular weight excluding hydrogens is 403 g/mol. The van der Waals surface area contributed by atoms with Crippen molar-refractivity contribution >= 4 is 35.8 Å². The zero-order valence-electron chi connectivity index (χ0n) is 13.9. The average molecular weight is 430 g/mol. The van der Waals surface area contributed by atoms with E-state index < -0.39 is 0 Å². The quantitative estimate of drug-likeness (QED) is 0.315. The van der Waals surface area contributed by atoms with Gasteiger partial charge in [-0.1, -0.05) is 38.1 Å². The van der Waals surface area contributed by atoms with E-state index in [1.807, 2.05) is 17.0 Å². The summed E-state index contributed by atoms with van der Waals surface area (Å²) in [6.45, 7) is 7.08. The lowest BCUT2D eigenvalue weighted by Crippen LogP contribution is -2.33. The van der Waals surface area contributed by atoms with E-state index in [0.29, 0.717) is 24.8 Å². The highest BCUT2D eigenvalue weighted by molar-refractivity contribution is 14.0. The number of nitrogens with two attached hydrogens (primary N) is 1. The van der Waals surface area contributed by atoms with Crippen molar-refractivity contribution in [1.29, 1.82) is 0 Å². The van der Waals surface area contributed by atoms with Crippen molar-refractivity contribution in [2.45, 2.75) is 39.8 Å². The third-order valence-corrected chi connectivity index (χ3v) is 3.69. The first kappa shape index (κ1) is 19.7. The number of nitrogens with one attached hydrogen (secondary N) is 1. The Hall–Kier alpha value is -1.31. The highest BCUT2D eigenvalue weighted by atomic mass is 127. The Labute approximate surface area is 155 Å². The summed E-state index contributed by atoms with van der Waals surface area (Å²) in [7, 11) is 0. The van der Waals surface area contributed by atoms with Gasteiger partial charge in [-0.25, -0.2) is 0 Å². The van der Waals surface area contributed by atoms with Crippen molar-refractivity contribution in [2.24, 2.45) is 16.6 Å². The first-order valence-corrected chi connectivity index (χ1v) is 7.94. The topological polar surface area (TPSA) is 70.7 Å². The Bertz CT molecular complexity index is 520. The van der Waals surface area contributed by atoms with E-state index in [2.05, 4.69) is 36.3 Å². The first-order chi connectivity index (χ1) is 10.6. The molecule has 0 unspecified atom stereocenters. The van der Waals surface area contributed by atoms with Crippen LogP contribution in [0.2, 0.25) is 0 Å². The van der Waals surface area contributed by atoms with Gasteiger partial charge in [0.1, 0.15) is 0 Å². The highest BCUT2D eigenvalue weighted by Gasteiger charge is 2.22. The second kappa shape index (κ2) is 9.75. The van der Waals surface area contributed by atoms with Crippen molar-refractivity contribution in [3.63, 3.8) is 0 Å². The SMILES string of the molecule is CC(C)CN=C(N)NCCCC(=O)N1Cc2ccccc2C1.I. The molecule has 0 aliphatic carbocycles. The fraction of sp³-hybridized carbons (Fsp3) is 0.529. The van der Waals surface area contributed by atoms with E-state index in [0.717, 1.165) is 26.1 Å². The van der Waals surface area contributed by atoms with Gasteiger partial charge in [0.25, 0.3) is 0 Å². The van der Waals surface area contributed by atoms with E-state index in [1.54, 1.807) is 0 Å². The minimum atomic E-state index is 0. The van der Waals surface area contributed by atoms with Crippen LogP contribution in [0.3, 0.4) is 0 Å². The molecule has 0 spiro atoms. The Morgan fingerprint density at radius 3 is 2.48 bits per heavy atom. The maximum absolute atomic E-state index is 12.2. The fourth-order valence-electron chi connectivity index (χ4n) is 2.46. The number of hydrogen-bond donors (Lipinski definition) is 2. The second-order valence-electron chi connectivity index (χ2n) is 6.17. The van der Waals surface area contributed by atoms with Crippen molar-refractivity contribution in [2.75, 3.05) is 13.1 Å². The lowest BCUT2D eigenvalue weighted by atomic mass is 10.1. The lowest BCUT2D eigenvalue weighted by Gasteiger charge is -2.15. The molecule has 0 saturated heterocycles. The summed E-state index contributed by atoms with van der Waals surface area (Å²) in [6.07, 6.45) is 1.31. The molecule has 2 rings (SSSR count). The second-order valence-corrected chi connectivity index (χ2v) is 6.17. The minimum absolute atomic E-state index is 0. The van der Waals surface area contributed by atoms with Crippen LogP contribution in [0, 0.1) is 5.92 Å². The zero-order valence-corrected chi connectivity index (χ0v) is 16.2. The Balaban J connectivity index is 0.00000264. The lowest BCUT2D eigenvalue weighted by molar-refractivity contribution is -0.131. The Kier molecular flexibility index (Phi) is 8.36. The number of carbonyl (C=O) groups is 1. The van der Waals surface area contributed by atoms with E-state index in [-0.39, 0.29) is 29.9 Å². The zero-order chi connectivity index (χ0) is 15.9. The number of halogens is 1. The van der Waals surface area contributed by atoms with Gasteiger partial charge in [0.15, 0.2) is 5.96 Å². The van der Waals surface area contributed by atoms with E-state index in [4.69, 9.17) is 5.73 Å². The van der Waals surface area contributed by atoms with Crippen molar-refractivity contribution in [3.05, 3.63) is 35.4 Å². The van der Waals surface area contributed by atoms with Crippen LogP contribution >= 0.6 is 24.0 Å². The van der Waals surface area contributed by atoms with Gasteiger partial charge in [-0.05, 0) is 23.5 Å². The molecular formula is C17H27IN4O. The van der Waals surface area contributed by atoms with Gasteiger partial charge in [-0.3, -0.25) is 9.79 Å². The van der Waals surface area contributed by atoms with Crippen molar-refractivity contribution in [1.82, 2.24) is 10.2 Å². The number of amides is 1. The number of guanidine groups is 1. The van der Waals surface area contributed by atoms with Crippen LogP contribution in [0.1, 0.15) is 37.8 Å². The van der Waals surface area contributed by atoms with Crippen LogP contribution in [-0.2, 0) is 17.9 Å². The van der Waals surface area contributed by atoms with Crippen LogP contribution in [0.25, 0.3) is 0 Å². The van der Waals surface area contributed by atoms with Crippen LogP contribution in [-0.4, -0.2) is 29.9 Å². The first-order valence-electron chi connectivity index (χ1n) is 7.94. The number of rotatable bonds is 6.